The van der Waals surface area contributed by atoms with E-state index in [4.69, 9.17) is 9.26 Å². The third kappa shape index (κ3) is 4.29. The second-order valence-corrected chi connectivity index (χ2v) is 5.01. The van der Waals surface area contributed by atoms with Gasteiger partial charge in [0.2, 0.25) is 11.7 Å². The monoisotopic (exact) mass is 289 g/mol. The molecule has 0 aliphatic rings. The van der Waals surface area contributed by atoms with Crippen molar-refractivity contribution in [2.24, 2.45) is 0 Å². The molecular formula is C16H23N3O2. The first-order valence-electron chi connectivity index (χ1n) is 7.47. The Balaban J connectivity index is 2.06. The van der Waals surface area contributed by atoms with Gasteiger partial charge in [-0.05, 0) is 31.5 Å². The van der Waals surface area contributed by atoms with Crippen molar-refractivity contribution in [3.63, 3.8) is 0 Å². The summed E-state index contributed by atoms with van der Waals surface area (Å²) in [6.45, 7) is 5.33. The van der Waals surface area contributed by atoms with Gasteiger partial charge in [0.05, 0.1) is 7.11 Å². The maximum absolute atomic E-state index is 5.36. The fourth-order valence-corrected chi connectivity index (χ4v) is 2.14. The zero-order chi connectivity index (χ0) is 15.1. The second kappa shape index (κ2) is 7.78. The van der Waals surface area contributed by atoms with Crippen molar-refractivity contribution in [2.75, 3.05) is 13.7 Å². The molecule has 2 rings (SSSR count). The van der Waals surface area contributed by atoms with Crippen molar-refractivity contribution in [1.82, 2.24) is 15.5 Å². The highest BCUT2D eigenvalue weighted by molar-refractivity contribution is 5.56. The topological polar surface area (TPSA) is 60.2 Å². The van der Waals surface area contributed by atoms with Gasteiger partial charge >= 0.3 is 0 Å². The summed E-state index contributed by atoms with van der Waals surface area (Å²) in [6.07, 6.45) is 2.92. The highest BCUT2D eigenvalue weighted by Crippen LogP contribution is 2.21. The molecule has 1 heterocycles. The molecule has 0 saturated heterocycles. The number of nitrogens with zero attached hydrogens (tertiary/aromatic N) is 2. The van der Waals surface area contributed by atoms with E-state index in [9.17, 15) is 0 Å². The van der Waals surface area contributed by atoms with Gasteiger partial charge in [-0.3, -0.25) is 0 Å². The zero-order valence-electron chi connectivity index (χ0n) is 12.9. The Bertz CT molecular complexity index is 554. The molecule has 1 aromatic carbocycles. The van der Waals surface area contributed by atoms with Crippen LogP contribution in [0.4, 0.5) is 0 Å². The van der Waals surface area contributed by atoms with Crippen LogP contribution in [0.3, 0.4) is 0 Å². The van der Waals surface area contributed by atoms with Crippen molar-refractivity contribution in [3.8, 4) is 17.1 Å². The number of methoxy groups -OCH3 is 1. The molecule has 1 unspecified atom stereocenters. The van der Waals surface area contributed by atoms with Gasteiger partial charge in [-0.1, -0.05) is 31.1 Å². The van der Waals surface area contributed by atoms with Gasteiger partial charge < -0.3 is 14.6 Å². The van der Waals surface area contributed by atoms with Gasteiger partial charge in [0, 0.05) is 18.0 Å². The van der Waals surface area contributed by atoms with Crippen molar-refractivity contribution < 1.29 is 9.26 Å². The van der Waals surface area contributed by atoms with Gasteiger partial charge in [0.1, 0.15) is 5.75 Å². The lowest BCUT2D eigenvalue weighted by atomic mass is 10.1. The van der Waals surface area contributed by atoms with Crippen LogP contribution in [0, 0.1) is 0 Å². The van der Waals surface area contributed by atoms with Gasteiger partial charge in [-0.25, -0.2) is 0 Å². The van der Waals surface area contributed by atoms with Crippen LogP contribution in [-0.2, 0) is 6.42 Å². The lowest BCUT2D eigenvalue weighted by molar-refractivity contribution is 0.354. The first kappa shape index (κ1) is 15.5. The highest BCUT2D eigenvalue weighted by Gasteiger charge is 2.13. The molecule has 1 atom stereocenters. The molecule has 0 spiro atoms. The van der Waals surface area contributed by atoms with E-state index in [2.05, 4.69) is 29.3 Å². The van der Waals surface area contributed by atoms with E-state index in [0.29, 0.717) is 17.8 Å². The molecular weight excluding hydrogens is 266 g/mol. The SMILES string of the molecule is CCCNC(CC)Cc1nc(-c2cccc(OC)c2)no1. The van der Waals surface area contributed by atoms with Crippen LogP contribution in [-0.4, -0.2) is 29.8 Å². The molecule has 1 aromatic heterocycles. The lowest BCUT2D eigenvalue weighted by Gasteiger charge is -2.13. The molecule has 1 N–H and O–H groups in total. The van der Waals surface area contributed by atoms with Crippen LogP contribution in [0.5, 0.6) is 5.75 Å². The molecule has 0 aliphatic carbocycles. The standard InChI is InChI=1S/C16H23N3O2/c1-4-9-17-13(5-2)11-15-18-16(19-21-15)12-7-6-8-14(10-12)20-3/h6-8,10,13,17H,4-5,9,11H2,1-3H3. The lowest BCUT2D eigenvalue weighted by Crippen LogP contribution is -2.31. The van der Waals surface area contributed by atoms with E-state index in [-0.39, 0.29) is 0 Å². The van der Waals surface area contributed by atoms with E-state index in [0.717, 1.165) is 37.1 Å². The van der Waals surface area contributed by atoms with Gasteiger partial charge in [-0.15, -0.1) is 0 Å². The summed E-state index contributed by atoms with van der Waals surface area (Å²) >= 11 is 0. The summed E-state index contributed by atoms with van der Waals surface area (Å²) in [7, 11) is 1.64. The molecule has 0 saturated carbocycles. The smallest absolute Gasteiger partial charge is 0.228 e. The molecule has 2 aromatic rings. The molecule has 0 aliphatic heterocycles. The molecule has 0 bridgehead atoms. The molecule has 0 fully saturated rings. The minimum Gasteiger partial charge on any atom is -0.497 e. The quantitative estimate of drug-likeness (QED) is 0.809. The number of hydrogen-bond acceptors (Lipinski definition) is 5. The van der Waals surface area contributed by atoms with Gasteiger partial charge in [-0.2, -0.15) is 4.98 Å². The number of benzene rings is 1. The fraction of sp³-hybridized carbons (Fsp3) is 0.500. The largest absolute Gasteiger partial charge is 0.497 e. The van der Waals surface area contributed by atoms with Crippen LogP contribution in [0.25, 0.3) is 11.4 Å². The summed E-state index contributed by atoms with van der Waals surface area (Å²) in [4.78, 5) is 4.48. The van der Waals surface area contributed by atoms with Crippen molar-refractivity contribution in [2.45, 2.75) is 39.2 Å². The predicted molar refractivity (Wildman–Crippen MR) is 82.4 cm³/mol. The molecule has 21 heavy (non-hydrogen) atoms. The van der Waals surface area contributed by atoms with E-state index in [1.54, 1.807) is 7.11 Å². The Morgan fingerprint density at radius 2 is 2.19 bits per heavy atom. The third-order valence-electron chi connectivity index (χ3n) is 3.39. The Labute approximate surface area is 125 Å². The summed E-state index contributed by atoms with van der Waals surface area (Å²) in [5, 5.41) is 7.55. The first-order chi connectivity index (χ1) is 10.3. The highest BCUT2D eigenvalue weighted by atomic mass is 16.5. The number of aromatic nitrogens is 2. The van der Waals surface area contributed by atoms with E-state index in [1.807, 2.05) is 24.3 Å². The number of rotatable bonds is 8. The van der Waals surface area contributed by atoms with Crippen molar-refractivity contribution >= 4 is 0 Å². The summed E-state index contributed by atoms with van der Waals surface area (Å²) in [6, 6.07) is 8.04. The maximum atomic E-state index is 5.36. The van der Waals surface area contributed by atoms with Crippen LogP contribution in [0.15, 0.2) is 28.8 Å². The minimum absolute atomic E-state index is 0.378. The minimum atomic E-state index is 0.378. The number of ether oxygens (including phenoxy) is 1. The summed E-state index contributed by atoms with van der Waals surface area (Å²) < 4.78 is 10.6. The summed E-state index contributed by atoms with van der Waals surface area (Å²) in [5.41, 5.74) is 0.902. The summed E-state index contributed by atoms with van der Waals surface area (Å²) in [5.74, 6) is 2.06. The molecule has 0 amide bonds. The Hall–Kier alpha value is -1.88. The Morgan fingerprint density at radius 1 is 1.33 bits per heavy atom. The first-order valence-corrected chi connectivity index (χ1v) is 7.47. The van der Waals surface area contributed by atoms with Crippen molar-refractivity contribution in [3.05, 3.63) is 30.2 Å². The third-order valence-corrected chi connectivity index (χ3v) is 3.39. The Morgan fingerprint density at radius 3 is 2.90 bits per heavy atom. The maximum Gasteiger partial charge on any atom is 0.228 e. The van der Waals surface area contributed by atoms with E-state index in [1.165, 1.54) is 0 Å². The Kier molecular flexibility index (Phi) is 5.75. The molecule has 0 radical (unpaired) electrons. The zero-order valence-corrected chi connectivity index (χ0v) is 12.9. The normalized spacial score (nSPS) is 12.3. The molecule has 5 heteroatoms. The van der Waals surface area contributed by atoms with Crippen molar-refractivity contribution in [1.29, 1.82) is 0 Å². The number of nitrogens with one attached hydrogen (secondary N) is 1. The molecule has 5 nitrogen and oxygen atoms in total. The van der Waals surface area contributed by atoms with Crippen LogP contribution >= 0.6 is 0 Å². The molecule has 114 valence electrons. The van der Waals surface area contributed by atoms with Gasteiger partial charge in [0.15, 0.2) is 0 Å². The number of hydrogen-bond donors (Lipinski definition) is 1. The van der Waals surface area contributed by atoms with Gasteiger partial charge in [0.25, 0.3) is 0 Å². The fourth-order valence-electron chi connectivity index (χ4n) is 2.14. The second-order valence-electron chi connectivity index (χ2n) is 5.01. The van der Waals surface area contributed by atoms with Crippen LogP contribution in [0.1, 0.15) is 32.6 Å². The predicted octanol–water partition coefficient (Wildman–Crippen LogP) is 3.07. The van der Waals surface area contributed by atoms with E-state index < -0.39 is 0 Å². The average Bonchev–Trinajstić information content (AvgIpc) is 3.00. The van der Waals surface area contributed by atoms with E-state index >= 15 is 0 Å². The van der Waals surface area contributed by atoms with Crippen LogP contribution < -0.4 is 10.1 Å². The van der Waals surface area contributed by atoms with Crippen LogP contribution in [0.2, 0.25) is 0 Å². The average molecular weight is 289 g/mol.